The number of hydrogen-bond acceptors (Lipinski definition) is 5. The van der Waals surface area contributed by atoms with Gasteiger partial charge in [0.25, 0.3) is 0 Å². The van der Waals surface area contributed by atoms with Crippen LogP contribution in [-0.2, 0) is 27.8 Å². The van der Waals surface area contributed by atoms with Crippen LogP contribution in [0.15, 0.2) is 6.20 Å². The summed E-state index contributed by atoms with van der Waals surface area (Å²) in [5, 5.41) is 8.67. The molecule has 0 aliphatic carbocycles. The van der Waals surface area contributed by atoms with E-state index >= 15 is 0 Å². The van der Waals surface area contributed by atoms with Crippen molar-refractivity contribution >= 4 is 9.84 Å². The predicted octanol–water partition coefficient (Wildman–Crippen LogP) is -0.560. The highest BCUT2D eigenvalue weighted by atomic mass is 32.2. The molecule has 0 fully saturated rings. The Bertz CT molecular complexity index is 456. The number of aliphatic hydroxyl groups excluding tert-OH is 1. The van der Waals surface area contributed by atoms with Crippen molar-refractivity contribution in [3.63, 3.8) is 0 Å². The Kier molecular flexibility index (Phi) is 2.24. The Morgan fingerprint density at radius 1 is 1.43 bits per heavy atom. The molecule has 0 radical (unpaired) electrons. The van der Waals surface area contributed by atoms with Gasteiger partial charge in [0.15, 0.2) is 9.84 Å². The maximum Gasteiger partial charge on any atom is 0.160 e. The number of aromatic nitrogens is 2. The third-order valence-corrected chi connectivity index (χ3v) is 3.54. The van der Waals surface area contributed by atoms with Crippen LogP contribution in [0.4, 0.5) is 0 Å². The first-order valence-corrected chi connectivity index (χ1v) is 6.08. The number of sulfone groups is 1. The monoisotopic (exact) mass is 214 g/mol. The molecule has 0 unspecified atom stereocenters. The Labute approximate surface area is 81.7 Å². The highest BCUT2D eigenvalue weighted by Gasteiger charge is 2.26. The molecule has 0 saturated heterocycles. The first kappa shape index (κ1) is 9.54. The van der Waals surface area contributed by atoms with E-state index in [1.165, 1.54) is 6.20 Å². The van der Waals surface area contributed by atoms with E-state index in [0.29, 0.717) is 23.5 Å². The average molecular weight is 214 g/mol. The summed E-state index contributed by atoms with van der Waals surface area (Å²) >= 11 is 0. The van der Waals surface area contributed by atoms with Crippen LogP contribution < -0.4 is 0 Å². The summed E-state index contributed by atoms with van der Waals surface area (Å²) in [6, 6.07) is 0. The average Bonchev–Trinajstić information content (AvgIpc) is 2.38. The van der Waals surface area contributed by atoms with Crippen molar-refractivity contribution in [2.45, 2.75) is 17.9 Å². The Hall–Kier alpha value is -1.01. The minimum absolute atomic E-state index is 0.00326. The lowest BCUT2D eigenvalue weighted by Crippen LogP contribution is -2.01. The fourth-order valence-electron chi connectivity index (χ4n) is 1.45. The van der Waals surface area contributed by atoms with Crippen molar-refractivity contribution in [3.8, 4) is 0 Å². The maximum absolute atomic E-state index is 11.2. The van der Waals surface area contributed by atoms with E-state index in [-0.39, 0.29) is 18.1 Å². The molecule has 2 heterocycles. The summed E-state index contributed by atoms with van der Waals surface area (Å²) in [5.41, 5.74) is 1.27. The zero-order valence-corrected chi connectivity index (χ0v) is 8.29. The van der Waals surface area contributed by atoms with Gasteiger partial charge in [0, 0.05) is 18.2 Å². The van der Waals surface area contributed by atoms with Crippen molar-refractivity contribution in [3.05, 3.63) is 23.3 Å². The van der Waals surface area contributed by atoms with Crippen LogP contribution in [0.25, 0.3) is 0 Å². The van der Waals surface area contributed by atoms with Crippen molar-refractivity contribution < 1.29 is 13.5 Å². The van der Waals surface area contributed by atoms with Gasteiger partial charge in [-0.15, -0.1) is 0 Å². The van der Waals surface area contributed by atoms with Crippen LogP contribution in [0.5, 0.6) is 0 Å². The van der Waals surface area contributed by atoms with Gasteiger partial charge in [-0.1, -0.05) is 0 Å². The van der Waals surface area contributed by atoms with E-state index < -0.39 is 9.84 Å². The van der Waals surface area contributed by atoms with Crippen molar-refractivity contribution in [2.75, 3.05) is 6.61 Å². The molecule has 1 aromatic heterocycles. The van der Waals surface area contributed by atoms with Crippen molar-refractivity contribution in [2.24, 2.45) is 0 Å². The van der Waals surface area contributed by atoms with Gasteiger partial charge < -0.3 is 5.11 Å². The van der Waals surface area contributed by atoms with Crippen LogP contribution >= 0.6 is 0 Å². The lowest BCUT2D eigenvalue weighted by molar-refractivity contribution is 0.296. The van der Waals surface area contributed by atoms with Crippen molar-refractivity contribution in [1.82, 2.24) is 9.97 Å². The minimum atomic E-state index is -3.00. The van der Waals surface area contributed by atoms with Gasteiger partial charge >= 0.3 is 0 Å². The second kappa shape index (κ2) is 3.29. The molecular formula is C8H10N2O3S. The van der Waals surface area contributed by atoms with Gasteiger partial charge in [-0.05, 0) is 0 Å². The number of fused-ring (bicyclic) bond motifs is 1. The van der Waals surface area contributed by atoms with Crippen molar-refractivity contribution in [1.29, 1.82) is 0 Å². The number of rotatable bonds is 2. The summed E-state index contributed by atoms with van der Waals surface area (Å²) in [6.07, 6.45) is 1.91. The summed E-state index contributed by atoms with van der Waals surface area (Å²) < 4.78 is 22.5. The first-order valence-electron chi connectivity index (χ1n) is 4.26. The molecule has 5 nitrogen and oxygen atoms in total. The second-order valence-electron chi connectivity index (χ2n) is 3.26. The molecule has 1 aromatic rings. The van der Waals surface area contributed by atoms with Crippen LogP contribution in [0.2, 0.25) is 0 Å². The molecule has 2 rings (SSSR count). The molecule has 0 saturated carbocycles. The summed E-state index contributed by atoms with van der Waals surface area (Å²) in [6.45, 7) is -0.0223. The predicted molar refractivity (Wildman–Crippen MR) is 49.1 cm³/mol. The van der Waals surface area contributed by atoms with Crippen LogP contribution in [-0.4, -0.2) is 30.1 Å². The molecule has 0 aromatic carbocycles. The standard InChI is InChI=1S/C8H10N2O3S/c11-2-1-8-9-3-6-4-14(12,13)5-7(6)10-8/h3,11H,1-2,4-5H2. The third-order valence-electron chi connectivity index (χ3n) is 2.07. The van der Waals surface area contributed by atoms with Gasteiger partial charge in [-0.2, -0.15) is 0 Å². The van der Waals surface area contributed by atoms with Gasteiger partial charge in [-0.25, -0.2) is 18.4 Å². The van der Waals surface area contributed by atoms with E-state index in [2.05, 4.69) is 9.97 Å². The second-order valence-corrected chi connectivity index (χ2v) is 5.33. The Morgan fingerprint density at radius 2 is 2.21 bits per heavy atom. The number of nitrogens with zero attached hydrogens (tertiary/aromatic N) is 2. The smallest absolute Gasteiger partial charge is 0.160 e. The van der Waals surface area contributed by atoms with Gasteiger partial charge in [0.1, 0.15) is 5.82 Å². The molecule has 14 heavy (non-hydrogen) atoms. The van der Waals surface area contributed by atoms with E-state index in [1.54, 1.807) is 0 Å². The maximum atomic E-state index is 11.2. The van der Waals surface area contributed by atoms with Gasteiger partial charge in [-0.3, -0.25) is 0 Å². The van der Waals surface area contributed by atoms with Crippen LogP contribution in [0.3, 0.4) is 0 Å². The molecule has 1 aliphatic heterocycles. The molecule has 0 atom stereocenters. The van der Waals surface area contributed by atoms with E-state index in [0.717, 1.165) is 0 Å². The fraction of sp³-hybridized carbons (Fsp3) is 0.500. The first-order chi connectivity index (χ1) is 6.61. The lowest BCUT2D eigenvalue weighted by atomic mass is 10.3. The number of aliphatic hydroxyl groups is 1. The third kappa shape index (κ3) is 1.76. The normalized spacial score (nSPS) is 18.1. The van der Waals surface area contributed by atoms with Gasteiger partial charge in [0.05, 0.1) is 23.8 Å². The molecule has 0 amide bonds. The molecule has 1 aliphatic rings. The number of hydrogen-bond donors (Lipinski definition) is 1. The zero-order valence-electron chi connectivity index (χ0n) is 7.47. The molecule has 76 valence electrons. The van der Waals surface area contributed by atoms with Crippen LogP contribution in [0, 0.1) is 0 Å². The minimum Gasteiger partial charge on any atom is -0.396 e. The fourth-order valence-corrected chi connectivity index (χ4v) is 2.93. The van der Waals surface area contributed by atoms with E-state index in [9.17, 15) is 8.42 Å². The topological polar surface area (TPSA) is 80.2 Å². The molecule has 0 bridgehead atoms. The SMILES string of the molecule is O=S1(=O)Cc2cnc(CCO)nc2C1. The van der Waals surface area contributed by atoms with Crippen LogP contribution in [0.1, 0.15) is 17.1 Å². The Morgan fingerprint density at radius 3 is 2.93 bits per heavy atom. The summed E-state index contributed by atoms with van der Waals surface area (Å²) in [4.78, 5) is 8.06. The van der Waals surface area contributed by atoms with Gasteiger partial charge in [0.2, 0.25) is 0 Å². The highest BCUT2D eigenvalue weighted by molar-refractivity contribution is 7.90. The lowest BCUT2D eigenvalue weighted by Gasteiger charge is -1.99. The molecular weight excluding hydrogens is 204 g/mol. The molecule has 1 N–H and O–H groups in total. The molecule has 6 heteroatoms. The zero-order chi connectivity index (χ0) is 10.2. The van der Waals surface area contributed by atoms with E-state index in [4.69, 9.17) is 5.11 Å². The van der Waals surface area contributed by atoms with E-state index in [1.807, 2.05) is 0 Å². The highest BCUT2D eigenvalue weighted by Crippen LogP contribution is 2.22. The summed E-state index contributed by atoms with van der Waals surface area (Å²) in [7, 11) is -3.00. The largest absolute Gasteiger partial charge is 0.396 e. The molecule has 0 spiro atoms. The summed E-state index contributed by atoms with van der Waals surface area (Å²) in [5.74, 6) is 0.550. The Balaban J connectivity index is 2.35. The quantitative estimate of drug-likeness (QED) is 0.713.